The van der Waals surface area contributed by atoms with E-state index in [1.807, 2.05) is 6.92 Å². The first-order valence-electron chi connectivity index (χ1n) is 8.21. The van der Waals surface area contributed by atoms with Crippen molar-refractivity contribution in [3.63, 3.8) is 0 Å². The van der Waals surface area contributed by atoms with Crippen LogP contribution in [0.1, 0.15) is 23.0 Å². The van der Waals surface area contributed by atoms with Crippen molar-refractivity contribution in [1.82, 2.24) is 14.3 Å². The molecule has 1 N–H and O–H groups in total. The van der Waals surface area contributed by atoms with E-state index >= 15 is 0 Å². The van der Waals surface area contributed by atoms with E-state index in [2.05, 4.69) is 5.10 Å². The highest BCUT2D eigenvalue weighted by atomic mass is 35.5. The summed E-state index contributed by atoms with van der Waals surface area (Å²) in [4.78, 5) is 25.2. The monoisotopic (exact) mass is 405 g/mol. The highest BCUT2D eigenvalue weighted by molar-refractivity contribution is 6.42. The Morgan fingerprint density at radius 1 is 1.22 bits per heavy atom. The van der Waals surface area contributed by atoms with Gasteiger partial charge in [-0.1, -0.05) is 29.3 Å². The highest BCUT2D eigenvalue weighted by Crippen LogP contribution is 2.32. The Balaban J connectivity index is 2.45. The SMILES string of the molecule is CCn1c(C)c(-c2cnn(C)c2)c(=O)c(C(=O)O)c1-c1ccc(Cl)c(Cl)c1. The molecule has 1 aromatic carbocycles. The van der Waals surface area contributed by atoms with Crippen molar-refractivity contribution in [2.24, 2.45) is 7.05 Å². The third-order valence-electron chi connectivity index (χ3n) is 4.44. The minimum Gasteiger partial charge on any atom is -0.477 e. The van der Waals surface area contributed by atoms with Crippen molar-refractivity contribution in [1.29, 1.82) is 0 Å². The second kappa shape index (κ2) is 7.21. The summed E-state index contributed by atoms with van der Waals surface area (Å²) in [6, 6.07) is 4.81. The third kappa shape index (κ3) is 3.26. The maximum absolute atomic E-state index is 13.2. The Bertz CT molecular complexity index is 1120. The fourth-order valence-electron chi connectivity index (χ4n) is 3.26. The average Bonchev–Trinajstić information content (AvgIpc) is 3.02. The molecule has 27 heavy (non-hydrogen) atoms. The van der Waals surface area contributed by atoms with Crippen LogP contribution >= 0.6 is 23.2 Å². The molecular formula is C19H17Cl2N3O3. The van der Waals surface area contributed by atoms with E-state index in [0.717, 1.165) is 0 Å². The van der Waals surface area contributed by atoms with Gasteiger partial charge in [-0.15, -0.1) is 0 Å². The van der Waals surface area contributed by atoms with E-state index in [4.69, 9.17) is 23.2 Å². The van der Waals surface area contributed by atoms with Crippen molar-refractivity contribution >= 4 is 29.2 Å². The van der Waals surface area contributed by atoms with E-state index in [-0.39, 0.29) is 10.6 Å². The van der Waals surface area contributed by atoms with Gasteiger partial charge in [0.2, 0.25) is 5.43 Å². The number of aromatic nitrogens is 3. The lowest BCUT2D eigenvalue weighted by Gasteiger charge is -2.20. The Kier molecular flexibility index (Phi) is 5.13. The zero-order chi connectivity index (χ0) is 19.9. The molecular weight excluding hydrogens is 389 g/mol. The van der Waals surface area contributed by atoms with Crippen molar-refractivity contribution in [3.05, 3.63) is 62.1 Å². The molecule has 6 nitrogen and oxygen atoms in total. The molecule has 0 radical (unpaired) electrons. The van der Waals surface area contributed by atoms with Gasteiger partial charge in [0, 0.05) is 36.6 Å². The van der Waals surface area contributed by atoms with Gasteiger partial charge in [0.25, 0.3) is 0 Å². The van der Waals surface area contributed by atoms with Gasteiger partial charge in [0.1, 0.15) is 5.56 Å². The molecule has 0 fully saturated rings. The zero-order valence-corrected chi connectivity index (χ0v) is 16.5. The molecule has 0 spiro atoms. The van der Waals surface area contributed by atoms with Gasteiger partial charge >= 0.3 is 5.97 Å². The van der Waals surface area contributed by atoms with E-state index in [1.54, 1.807) is 53.8 Å². The number of halogens is 2. The summed E-state index contributed by atoms with van der Waals surface area (Å²) in [6.07, 6.45) is 3.24. The molecule has 3 aromatic rings. The first kappa shape index (κ1) is 19.2. The van der Waals surface area contributed by atoms with Crippen LogP contribution in [0.3, 0.4) is 0 Å². The Morgan fingerprint density at radius 2 is 1.93 bits per heavy atom. The second-order valence-electron chi connectivity index (χ2n) is 6.09. The van der Waals surface area contributed by atoms with Gasteiger partial charge in [-0.05, 0) is 26.0 Å². The molecule has 2 heterocycles. The van der Waals surface area contributed by atoms with Crippen molar-refractivity contribution in [2.75, 3.05) is 0 Å². The van der Waals surface area contributed by atoms with E-state index in [1.165, 1.54) is 0 Å². The third-order valence-corrected chi connectivity index (χ3v) is 5.18. The minimum atomic E-state index is -1.30. The topological polar surface area (TPSA) is 77.1 Å². The van der Waals surface area contributed by atoms with Crippen molar-refractivity contribution in [2.45, 2.75) is 20.4 Å². The van der Waals surface area contributed by atoms with Crippen LogP contribution in [-0.2, 0) is 13.6 Å². The van der Waals surface area contributed by atoms with Gasteiger partial charge in [-0.3, -0.25) is 9.48 Å². The summed E-state index contributed by atoms with van der Waals surface area (Å²) in [7, 11) is 1.74. The summed E-state index contributed by atoms with van der Waals surface area (Å²) in [6.45, 7) is 4.15. The molecule has 3 rings (SSSR count). The van der Waals surface area contributed by atoms with Crippen LogP contribution in [0.5, 0.6) is 0 Å². The van der Waals surface area contributed by atoms with Crippen LogP contribution in [-0.4, -0.2) is 25.4 Å². The molecule has 0 amide bonds. The van der Waals surface area contributed by atoms with Gasteiger partial charge in [-0.25, -0.2) is 4.79 Å². The number of aromatic carboxylic acids is 1. The van der Waals surface area contributed by atoms with Crippen LogP contribution in [0.4, 0.5) is 0 Å². The standard InChI is InChI=1S/C19H17Cl2N3O3/c1-4-24-10(2)15(12-8-22-23(3)9-12)18(25)16(19(26)27)17(24)11-5-6-13(20)14(21)7-11/h5-9H,4H2,1-3H3,(H,26,27). The predicted octanol–water partition coefficient (Wildman–Crippen LogP) is 4.25. The normalized spacial score (nSPS) is 11.0. The molecule has 8 heteroatoms. The maximum atomic E-state index is 13.2. The number of hydrogen-bond donors (Lipinski definition) is 1. The number of hydrogen-bond acceptors (Lipinski definition) is 3. The number of benzene rings is 1. The largest absolute Gasteiger partial charge is 0.477 e. The van der Waals surface area contributed by atoms with Gasteiger partial charge in [0.05, 0.1) is 27.5 Å². The summed E-state index contributed by atoms with van der Waals surface area (Å²) < 4.78 is 3.37. The molecule has 2 aromatic heterocycles. The number of carboxylic acids is 1. The molecule has 0 aliphatic carbocycles. The Labute approximate surface area is 165 Å². The first-order valence-corrected chi connectivity index (χ1v) is 8.97. The predicted molar refractivity (Wildman–Crippen MR) is 106 cm³/mol. The second-order valence-corrected chi connectivity index (χ2v) is 6.91. The van der Waals surface area contributed by atoms with E-state index < -0.39 is 11.4 Å². The average molecular weight is 406 g/mol. The highest BCUT2D eigenvalue weighted by Gasteiger charge is 2.26. The fourth-order valence-corrected chi connectivity index (χ4v) is 3.56. The number of pyridine rings is 1. The number of carboxylic acid groups (broad SMARTS) is 1. The maximum Gasteiger partial charge on any atom is 0.341 e. The molecule has 0 saturated carbocycles. The summed E-state index contributed by atoms with van der Waals surface area (Å²) >= 11 is 12.1. The van der Waals surface area contributed by atoms with Crippen molar-refractivity contribution < 1.29 is 9.90 Å². The molecule has 0 bridgehead atoms. The fraction of sp³-hybridized carbons (Fsp3) is 0.211. The van der Waals surface area contributed by atoms with Gasteiger partial charge < -0.3 is 9.67 Å². The quantitative estimate of drug-likeness (QED) is 0.703. The minimum absolute atomic E-state index is 0.287. The zero-order valence-electron chi connectivity index (χ0n) is 15.0. The lowest BCUT2D eigenvalue weighted by molar-refractivity contribution is 0.0695. The van der Waals surface area contributed by atoms with E-state index in [0.29, 0.717) is 39.6 Å². The van der Waals surface area contributed by atoms with Crippen LogP contribution in [0, 0.1) is 6.92 Å². The van der Waals surface area contributed by atoms with Gasteiger partial charge in [-0.2, -0.15) is 5.10 Å². The first-order chi connectivity index (χ1) is 12.8. The lowest BCUT2D eigenvalue weighted by atomic mass is 9.97. The molecule has 0 atom stereocenters. The lowest BCUT2D eigenvalue weighted by Crippen LogP contribution is -2.25. The van der Waals surface area contributed by atoms with Crippen LogP contribution in [0.25, 0.3) is 22.4 Å². The molecule has 0 saturated heterocycles. The van der Waals surface area contributed by atoms with Crippen LogP contribution < -0.4 is 5.43 Å². The molecule has 0 aliphatic rings. The molecule has 140 valence electrons. The van der Waals surface area contributed by atoms with Crippen LogP contribution in [0.15, 0.2) is 35.4 Å². The number of nitrogens with zero attached hydrogens (tertiary/aromatic N) is 3. The number of rotatable bonds is 4. The summed E-state index contributed by atoms with van der Waals surface area (Å²) in [5.74, 6) is -1.30. The Morgan fingerprint density at radius 3 is 2.44 bits per heavy atom. The molecule has 0 unspecified atom stereocenters. The van der Waals surface area contributed by atoms with E-state index in [9.17, 15) is 14.7 Å². The molecule has 0 aliphatic heterocycles. The summed E-state index contributed by atoms with van der Waals surface area (Å²) in [5.41, 5.74) is 1.51. The number of aryl methyl sites for hydroxylation is 1. The number of carbonyl (C=O) groups is 1. The van der Waals surface area contributed by atoms with Crippen LogP contribution in [0.2, 0.25) is 10.0 Å². The smallest absolute Gasteiger partial charge is 0.341 e. The van der Waals surface area contributed by atoms with Crippen molar-refractivity contribution in [3.8, 4) is 22.4 Å². The summed E-state index contributed by atoms with van der Waals surface area (Å²) in [5, 5.41) is 14.6. The Hall–Kier alpha value is -2.57. The van der Waals surface area contributed by atoms with Gasteiger partial charge in [0.15, 0.2) is 0 Å².